The number of aromatic carboxylic acids is 1. The van der Waals surface area contributed by atoms with Gasteiger partial charge in [0.15, 0.2) is 11.6 Å². The summed E-state index contributed by atoms with van der Waals surface area (Å²) in [6.45, 7) is 6.00. The molecule has 5 rings (SSSR count). The molecular weight excluding hydrogens is 431 g/mol. The summed E-state index contributed by atoms with van der Waals surface area (Å²) in [7, 11) is 0. The van der Waals surface area contributed by atoms with Gasteiger partial charge in [0, 0.05) is 25.2 Å². The van der Waals surface area contributed by atoms with Gasteiger partial charge < -0.3 is 29.0 Å². The smallest absolute Gasteiger partial charge is 0.341 e. The summed E-state index contributed by atoms with van der Waals surface area (Å²) in [5.74, 6) is -0.920. The highest BCUT2D eigenvalue weighted by atomic mass is 19.1. The van der Waals surface area contributed by atoms with Crippen LogP contribution in [0.25, 0.3) is 10.9 Å². The molecular formula is C23H25FN4O5. The molecule has 0 spiro atoms. The third kappa shape index (κ3) is 3.45. The van der Waals surface area contributed by atoms with Gasteiger partial charge in [-0.15, -0.1) is 0 Å². The highest BCUT2D eigenvalue weighted by Gasteiger charge is 2.37. The van der Waals surface area contributed by atoms with Crippen LogP contribution < -0.4 is 20.4 Å². The monoisotopic (exact) mass is 456 g/mol. The number of oxazole rings is 1. The van der Waals surface area contributed by atoms with Crippen molar-refractivity contribution < 1.29 is 23.4 Å². The number of halogens is 1. The number of nitrogens with zero attached hydrogens (tertiary/aromatic N) is 3. The van der Waals surface area contributed by atoms with Crippen LogP contribution in [0.5, 0.6) is 5.75 Å². The lowest BCUT2D eigenvalue weighted by molar-refractivity contribution is 0.0694. The number of rotatable bonds is 6. The van der Waals surface area contributed by atoms with Crippen LogP contribution in [0.3, 0.4) is 0 Å². The fourth-order valence-corrected chi connectivity index (χ4v) is 4.98. The molecule has 2 aliphatic heterocycles. The van der Waals surface area contributed by atoms with Crippen LogP contribution in [-0.4, -0.2) is 46.9 Å². The Labute approximate surface area is 188 Å². The predicted octanol–water partition coefficient (Wildman–Crippen LogP) is 2.96. The molecule has 1 aromatic carbocycles. The first-order valence-corrected chi connectivity index (χ1v) is 11.1. The van der Waals surface area contributed by atoms with Crippen LogP contribution in [-0.2, 0) is 0 Å². The molecule has 2 N–H and O–H groups in total. The molecule has 174 valence electrons. The molecule has 4 heterocycles. The molecule has 0 amide bonds. The van der Waals surface area contributed by atoms with Crippen molar-refractivity contribution in [3.63, 3.8) is 0 Å². The van der Waals surface area contributed by atoms with Crippen molar-refractivity contribution in [2.75, 3.05) is 31.1 Å². The Morgan fingerprint density at radius 2 is 2.27 bits per heavy atom. The SMILES string of the molecule is CCNC(c1ncco1)C1CCN(c2c(F)cc3c(=O)c(C(=O)O)cn4c3c2OC[C@@H]4C)C1. The van der Waals surface area contributed by atoms with Gasteiger partial charge in [-0.2, -0.15) is 0 Å². The molecule has 10 heteroatoms. The zero-order valence-electron chi connectivity index (χ0n) is 18.4. The van der Waals surface area contributed by atoms with E-state index in [0.29, 0.717) is 30.2 Å². The number of carboxylic acids is 1. The first kappa shape index (κ1) is 21.4. The van der Waals surface area contributed by atoms with Gasteiger partial charge in [0.25, 0.3) is 0 Å². The van der Waals surface area contributed by atoms with E-state index in [4.69, 9.17) is 9.15 Å². The predicted molar refractivity (Wildman–Crippen MR) is 119 cm³/mol. The normalized spacial score (nSPS) is 20.8. The fourth-order valence-electron chi connectivity index (χ4n) is 4.98. The molecule has 33 heavy (non-hydrogen) atoms. The van der Waals surface area contributed by atoms with E-state index in [0.717, 1.165) is 19.0 Å². The van der Waals surface area contributed by atoms with Crippen molar-refractivity contribution >= 4 is 22.6 Å². The van der Waals surface area contributed by atoms with E-state index in [-0.39, 0.29) is 41.3 Å². The van der Waals surface area contributed by atoms with Gasteiger partial charge in [-0.1, -0.05) is 6.92 Å². The van der Waals surface area contributed by atoms with Crippen molar-refractivity contribution in [3.8, 4) is 5.75 Å². The van der Waals surface area contributed by atoms with Gasteiger partial charge in [-0.25, -0.2) is 14.2 Å². The molecule has 0 saturated carbocycles. The van der Waals surface area contributed by atoms with Crippen LogP contribution in [0.4, 0.5) is 10.1 Å². The summed E-state index contributed by atoms with van der Waals surface area (Å²) in [5.41, 5.74) is -0.362. The summed E-state index contributed by atoms with van der Waals surface area (Å²) in [6.07, 6.45) is 5.28. The topological polar surface area (TPSA) is 110 Å². The van der Waals surface area contributed by atoms with Crippen molar-refractivity contribution in [3.05, 3.63) is 52.2 Å². The second kappa shape index (κ2) is 8.18. The molecule has 2 aliphatic rings. The van der Waals surface area contributed by atoms with Crippen molar-refractivity contribution in [1.29, 1.82) is 0 Å². The summed E-state index contributed by atoms with van der Waals surface area (Å²) < 4.78 is 28.7. The fraction of sp³-hybridized carbons (Fsp3) is 0.435. The third-order valence-electron chi connectivity index (χ3n) is 6.53. The Bertz CT molecular complexity index is 1270. The van der Waals surface area contributed by atoms with Gasteiger partial charge in [0.2, 0.25) is 11.3 Å². The second-order valence-corrected chi connectivity index (χ2v) is 8.58. The number of anilines is 1. The minimum Gasteiger partial charge on any atom is -0.487 e. The van der Waals surface area contributed by atoms with E-state index < -0.39 is 17.2 Å². The lowest BCUT2D eigenvalue weighted by Crippen LogP contribution is -2.32. The molecule has 3 aromatic rings. The van der Waals surface area contributed by atoms with E-state index in [1.165, 1.54) is 6.20 Å². The van der Waals surface area contributed by atoms with Gasteiger partial charge >= 0.3 is 5.97 Å². The third-order valence-corrected chi connectivity index (χ3v) is 6.53. The number of benzene rings is 1. The lowest BCUT2D eigenvalue weighted by atomic mass is 9.98. The van der Waals surface area contributed by atoms with Crippen LogP contribution in [0.1, 0.15) is 48.6 Å². The minimum absolute atomic E-state index is 0.0127. The molecule has 3 atom stereocenters. The van der Waals surface area contributed by atoms with Crippen molar-refractivity contribution in [2.45, 2.75) is 32.4 Å². The Morgan fingerprint density at radius 3 is 2.97 bits per heavy atom. The Morgan fingerprint density at radius 1 is 1.45 bits per heavy atom. The highest BCUT2D eigenvalue weighted by Crippen LogP contribution is 2.44. The standard InChI is InChI=1S/C23H25FN4O5/c1-3-25-17(22-26-5-7-32-22)13-4-6-27(9-13)19-16(24)8-14-18-21(19)33-11-12(2)28(18)10-15(20(14)29)23(30)31/h5,7-8,10,12-13,17,25H,3-4,6,9,11H2,1-2H3,(H,30,31)/t12-,13?,17?/m0/s1. The molecule has 0 radical (unpaired) electrons. The van der Waals surface area contributed by atoms with Crippen molar-refractivity contribution in [1.82, 2.24) is 14.9 Å². The maximum absolute atomic E-state index is 15.5. The minimum atomic E-state index is -1.33. The zero-order chi connectivity index (χ0) is 23.3. The van der Waals surface area contributed by atoms with E-state index in [9.17, 15) is 14.7 Å². The van der Waals surface area contributed by atoms with Gasteiger partial charge in [-0.3, -0.25) is 4.79 Å². The van der Waals surface area contributed by atoms with E-state index in [1.807, 2.05) is 18.7 Å². The number of carboxylic acid groups (broad SMARTS) is 1. The molecule has 2 unspecified atom stereocenters. The number of nitrogens with one attached hydrogen (secondary N) is 1. The maximum Gasteiger partial charge on any atom is 0.341 e. The summed E-state index contributed by atoms with van der Waals surface area (Å²) in [4.78, 5) is 30.6. The lowest BCUT2D eigenvalue weighted by Gasteiger charge is -2.31. The summed E-state index contributed by atoms with van der Waals surface area (Å²) >= 11 is 0. The number of pyridine rings is 1. The zero-order valence-corrected chi connectivity index (χ0v) is 18.4. The maximum atomic E-state index is 15.5. The molecule has 1 saturated heterocycles. The molecule has 1 fully saturated rings. The van der Waals surface area contributed by atoms with E-state index in [2.05, 4.69) is 10.3 Å². The van der Waals surface area contributed by atoms with E-state index in [1.54, 1.807) is 17.0 Å². The number of hydrogen-bond acceptors (Lipinski definition) is 7. The number of ether oxygens (including phenoxy) is 1. The van der Waals surface area contributed by atoms with Gasteiger partial charge in [-0.05, 0) is 26.0 Å². The summed E-state index contributed by atoms with van der Waals surface area (Å²) in [6, 6.07) is 0.836. The molecule has 2 aromatic heterocycles. The Balaban J connectivity index is 1.59. The van der Waals surface area contributed by atoms with Crippen molar-refractivity contribution in [2.24, 2.45) is 5.92 Å². The van der Waals surface area contributed by atoms with Crippen LogP contribution in [0.2, 0.25) is 0 Å². The quantitative estimate of drug-likeness (QED) is 0.583. The van der Waals surface area contributed by atoms with E-state index >= 15 is 4.39 Å². The van der Waals surface area contributed by atoms with Crippen LogP contribution >= 0.6 is 0 Å². The Hall–Kier alpha value is -3.40. The first-order chi connectivity index (χ1) is 15.9. The molecule has 0 bridgehead atoms. The Kier molecular flexibility index (Phi) is 5.32. The average Bonchev–Trinajstić information content (AvgIpc) is 3.48. The first-order valence-electron chi connectivity index (χ1n) is 11.1. The number of aromatic nitrogens is 2. The van der Waals surface area contributed by atoms with Gasteiger partial charge in [0.05, 0.1) is 29.2 Å². The molecule has 9 nitrogen and oxygen atoms in total. The molecule has 0 aliphatic carbocycles. The second-order valence-electron chi connectivity index (χ2n) is 8.58. The highest BCUT2D eigenvalue weighted by molar-refractivity contribution is 5.97. The van der Waals surface area contributed by atoms with Gasteiger partial charge in [0.1, 0.15) is 24.1 Å². The average molecular weight is 456 g/mol. The largest absolute Gasteiger partial charge is 0.487 e. The number of carbonyl (C=O) groups is 1. The van der Waals surface area contributed by atoms with Crippen LogP contribution in [0.15, 0.2) is 33.9 Å². The summed E-state index contributed by atoms with van der Waals surface area (Å²) in [5, 5.41) is 12.9. The van der Waals surface area contributed by atoms with Crippen LogP contribution in [0, 0.1) is 11.7 Å². The number of hydrogen-bond donors (Lipinski definition) is 2.